The molecule has 44 heavy (non-hydrogen) atoms. The number of aromatic nitrogens is 1. The molecule has 0 radical (unpaired) electrons. The second-order valence-electron chi connectivity index (χ2n) is 9.09. The normalized spacial score (nSPS) is 10.9. The highest BCUT2D eigenvalue weighted by molar-refractivity contribution is 9.10. The molecule has 0 aliphatic rings. The number of anilines is 3. The first kappa shape index (κ1) is 31.5. The van der Waals surface area contributed by atoms with Crippen LogP contribution in [-0.4, -0.2) is 29.6 Å². The third-order valence-corrected chi connectivity index (χ3v) is 8.19. The van der Waals surface area contributed by atoms with Crippen LogP contribution in [0.15, 0.2) is 99.9 Å². The van der Waals surface area contributed by atoms with Crippen LogP contribution < -0.4 is 20.8 Å². The van der Waals surface area contributed by atoms with Gasteiger partial charge in [-0.05, 0) is 72.8 Å². The Hall–Kier alpha value is -3.93. The van der Waals surface area contributed by atoms with E-state index in [4.69, 9.17) is 39.5 Å². The van der Waals surface area contributed by atoms with Crippen molar-refractivity contribution in [2.45, 2.75) is 0 Å². The number of carbonyl (C=O) groups excluding carboxylic acids is 2. The molecule has 0 unspecified atom stereocenters. The molecule has 1 aromatic heterocycles. The molecule has 0 atom stereocenters. The molecule has 2 amide bonds. The molecule has 5 rings (SSSR count). The summed E-state index contributed by atoms with van der Waals surface area (Å²) in [5.41, 5.74) is 6.51. The van der Waals surface area contributed by atoms with Gasteiger partial charge in [0.2, 0.25) is 0 Å². The number of hydrogen-bond donors (Lipinski definition) is 3. The highest BCUT2D eigenvalue weighted by Gasteiger charge is 2.11. The Morgan fingerprint density at radius 2 is 1.66 bits per heavy atom. The minimum atomic E-state index is -0.394. The Kier molecular flexibility index (Phi) is 10.5. The molecule has 8 nitrogen and oxygen atoms in total. The van der Waals surface area contributed by atoms with Crippen LogP contribution in [0.5, 0.6) is 5.75 Å². The lowest BCUT2D eigenvalue weighted by atomic mass is 10.1. The summed E-state index contributed by atoms with van der Waals surface area (Å²) in [4.78, 5) is 29.8. The zero-order chi connectivity index (χ0) is 31.1. The van der Waals surface area contributed by atoms with Gasteiger partial charge in [-0.25, -0.2) is 10.4 Å². The third-order valence-electron chi connectivity index (χ3n) is 5.95. The standard InChI is InChI=1S/C31H21BrCl3N5O3S/c32-21-5-12-28(43-16-29(41)37-24-10-11-25(34)26(35)14-24)20(13-21)15-36-40-30(42)19-3-1-18(2-4-19)27-17-44-31(39-27)38-23-8-6-22(33)7-9-23/h1-15,17H,16H2,(H,37,41)(H,38,39)(H,40,42)/b36-15-. The molecular formula is C31H21BrCl3N5O3S. The number of hydrazone groups is 1. The smallest absolute Gasteiger partial charge is 0.271 e. The summed E-state index contributed by atoms with van der Waals surface area (Å²) < 4.78 is 6.47. The summed E-state index contributed by atoms with van der Waals surface area (Å²) in [7, 11) is 0. The van der Waals surface area contributed by atoms with Crippen molar-refractivity contribution in [1.29, 1.82) is 0 Å². The molecule has 222 valence electrons. The number of nitrogens with zero attached hydrogens (tertiary/aromatic N) is 2. The number of halogens is 4. The van der Waals surface area contributed by atoms with Crippen LogP contribution in [0.3, 0.4) is 0 Å². The van der Waals surface area contributed by atoms with Gasteiger partial charge in [0, 0.05) is 42.9 Å². The third kappa shape index (κ3) is 8.58. The lowest BCUT2D eigenvalue weighted by Gasteiger charge is -2.10. The second kappa shape index (κ2) is 14.7. The minimum Gasteiger partial charge on any atom is -0.483 e. The lowest BCUT2D eigenvalue weighted by Crippen LogP contribution is -2.20. The largest absolute Gasteiger partial charge is 0.483 e. The highest BCUT2D eigenvalue weighted by Crippen LogP contribution is 2.28. The van der Waals surface area contributed by atoms with Crippen LogP contribution in [-0.2, 0) is 4.79 Å². The number of benzene rings is 4. The fraction of sp³-hybridized carbons (Fsp3) is 0.0323. The quantitative estimate of drug-likeness (QED) is 0.0983. The van der Waals surface area contributed by atoms with Crippen LogP contribution in [0.1, 0.15) is 15.9 Å². The summed E-state index contributed by atoms with van der Waals surface area (Å²) in [5, 5.41) is 14.1. The highest BCUT2D eigenvalue weighted by atomic mass is 79.9. The molecule has 3 N–H and O–H groups in total. The summed E-state index contributed by atoms with van der Waals surface area (Å²) >= 11 is 22.8. The summed E-state index contributed by atoms with van der Waals surface area (Å²) in [6, 6.07) is 24.4. The van der Waals surface area contributed by atoms with Gasteiger partial charge in [-0.3, -0.25) is 9.59 Å². The SMILES string of the molecule is O=C(COc1ccc(Br)cc1/C=N\NC(=O)c1ccc(-c2csc(Nc3ccc(Cl)cc3)n2)cc1)Nc1ccc(Cl)c(Cl)c1. The number of amides is 2. The van der Waals surface area contributed by atoms with Crippen LogP contribution in [0.25, 0.3) is 11.3 Å². The number of hydrogen-bond acceptors (Lipinski definition) is 7. The van der Waals surface area contributed by atoms with E-state index in [1.807, 2.05) is 29.6 Å². The Morgan fingerprint density at radius 3 is 2.41 bits per heavy atom. The molecular weight excluding hydrogens is 709 g/mol. The van der Waals surface area contributed by atoms with E-state index in [0.717, 1.165) is 26.5 Å². The van der Waals surface area contributed by atoms with Crippen molar-refractivity contribution in [2.24, 2.45) is 5.10 Å². The van der Waals surface area contributed by atoms with Gasteiger partial charge in [0.15, 0.2) is 11.7 Å². The van der Waals surface area contributed by atoms with Crippen molar-refractivity contribution in [3.05, 3.63) is 121 Å². The molecule has 0 spiro atoms. The molecule has 5 aromatic rings. The van der Waals surface area contributed by atoms with Gasteiger partial charge in [-0.1, -0.05) is 62.9 Å². The van der Waals surface area contributed by atoms with E-state index < -0.39 is 11.8 Å². The topological polar surface area (TPSA) is 105 Å². The van der Waals surface area contributed by atoms with Crippen molar-refractivity contribution < 1.29 is 14.3 Å². The second-order valence-corrected chi connectivity index (χ2v) is 12.1. The van der Waals surface area contributed by atoms with Crippen LogP contribution in [0.4, 0.5) is 16.5 Å². The molecule has 0 saturated carbocycles. The van der Waals surface area contributed by atoms with Gasteiger partial charge in [0.05, 0.1) is 22.0 Å². The Bertz CT molecular complexity index is 1830. The number of carbonyl (C=O) groups is 2. The van der Waals surface area contributed by atoms with E-state index in [0.29, 0.717) is 37.6 Å². The molecule has 1 heterocycles. The van der Waals surface area contributed by atoms with E-state index in [2.05, 4.69) is 42.1 Å². The average molecular weight is 730 g/mol. The van der Waals surface area contributed by atoms with Crippen LogP contribution in [0, 0.1) is 0 Å². The van der Waals surface area contributed by atoms with E-state index in [1.54, 1.807) is 60.7 Å². The van der Waals surface area contributed by atoms with Gasteiger partial charge in [-0.2, -0.15) is 5.10 Å². The molecule has 4 aromatic carbocycles. The maximum Gasteiger partial charge on any atom is 0.271 e. The maximum atomic E-state index is 12.7. The molecule has 0 aliphatic carbocycles. The predicted octanol–water partition coefficient (Wildman–Crippen LogP) is 9.06. The first-order valence-corrected chi connectivity index (χ1v) is 15.6. The number of nitrogens with one attached hydrogen (secondary N) is 3. The van der Waals surface area contributed by atoms with Crippen molar-refractivity contribution in [1.82, 2.24) is 10.4 Å². The van der Waals surface area contributed by atoms with Gasteiger partial charge < -0.3 is 15.4 Å². The summed E-state index contributed by atoms with van der Waals surface area (Å²) in [6.07, 6.45) is 1.44. The Morgan fingerprint density at radius 1 is 0.909 bits per heavy atom. The monoisotopic (exact) mass is 727 g/mol. The van der Waals surface area contributed by atoms with Crippen molar-refractivity contribution in [2.75, 3.05) is 17.2 Å². The van der Waals surface area contributed by atoms with Gasteiger partial charge >= 0.3 is 0 Å². The molecule has 0 saturated heterocycles. The van der Waals surface area contributed by atoms with E-state index in [9.17, 15) is 9.59 Å². The maximum absolute atomic E-state index is 12.7. The average Bonchev–Trinajstić information content (AvgIpc) is 3.48. The fourth-order valence-electron chi connectivity index (χ4n) is 3.80. The molecule has 0 bridgehead atoms. The number of ether oxygens (including phenoxy) is 1. The molecule has 0 fully saturated rings. The van der Waals surface area contributed by atoms with Crippen molar-refractivity contribution >= 4 is 96.6 Å². The fourth-order valence-corrected chi connectivity index (χ4v) is 5.35. The van der Waals surface area contributed by atoms with E-state index >= 15 is 0 Å². The van der Waals surface area contributed by atoms with Gasteiger partial charge in [-0.15, -0.1) is 11.3 Å². The summed E-state index contributed by atoms with van der Waals surface area (Å²) in [5.74, 6) is -0.389. The number of rotatable bonds is 10. The lowest BCUT2D eigenvalue weighted by molar-refractivity contribution is -0.118. The van der Waals surface area contributed by atoms with Crippen molar-refractivity contribution in [3.63, 3.8) is 0 Å². The van der Waals surface area contributed by atoms with E-state index in [1.165, 1.54) is 17.6 Å². The first-order chi connectivity index (χ1) is 21.2. The van der Waals surface area contributed by atoms with Crippen LogP contribution >= 0.6 is 62.1 Å². The molecule has 13 heteroatoms. The minimum absolute atomic E-state index is 0.265. The van der Waals surface area contributed by atoms with Crippen LogP contribution in [0.2, 0.25) is 15.1 Å². The summed E-state index contributed by atoms with van der Waals surface area (Å²) in [6.45, 7) is -0.265. The van der Waals surface area contributed by atoms with Gasteiger partial charge in [0.1, 0.15) is 5.75 Å². The Labute approximate surface area is 280 Å². The predicted molar refractivity (Wildman–Crippen MR) is 182 cm³/mol. The molecule has 0 aliphatic heterocycles. The zero-order valence-corrected chi connectivity index (χ0v) is 27.2. The zero-order valence-electron chi connectivity index (χ0n) is 22.5. The number of thiazole rings is 1. The van der Waals surface area contributed by atoms with Gasteiger partial charge in [0.25, 0.3) is 11.8 Å². The first-order valence-electron chi connectivity index (χ1n) is 12.8. The van der Waals surface area contributed by atoms with E-state index in [-0.39, 0.29) is 6.61 Å². The Balaban J connectivity index is 1.16. The van der Waals surface area contributed by atoms with Crippen molar-refractivity contribution in [3.8, 4) is 17.0 Å².